The minimum Gasteiger partial charge on any atom is -1.00 e. The zero-order valence-electron chi connectivity index (χ0n) is 65.7. The van der Waals surface area contributed by atoms with Gasteiger partial charge >= 0.3 is 174 Å². The smallest absolute Gasteiger partial charge is 1.00 e. The van der Waals surface area contributed by atoms with Crippen molar-refractivity contribution in [1.82, 2.24) is 19.9 Å². The quantitative estimate of drug-likeness (QED) is 0.00829. The van der Waals surface area contributed by atoms with Crippen molar-refractivity contribution in [3.63, 3.8) is 0 Å². The van der Waals surface area contributed by atoms with Crippen LogP contribution in [0.4, 0.5) is 0 Å². The Hall–Kier alpha value is -5.23. The van der Waals surface area contributed by atoms with E-state index in [1.807, 2.05) is 124 Å². The van der Waals surface area contributed by atoms with Crippen LogP contribution in [0.2, 0.25) is 0 Å². The topological polar surface area (TPSA) is 373 Å². The van der Waals surface area contributed by atoms with Crippen LogP contribution in [0, 0.1) is 27.7 Å². The molecule has 1 radical (unpaired) electrons. The van der Waals surface area contributed by atoms with Crippen LogP contribution in [0.3, 0.4) is 0 Å². The van der Waals surface area contributed by atoms with Gasteiger partial charge in [0.05, 0.1) is 60.4 Å². The molecule has 4 aromatic heterocycles. The van der Waals surface area contributed by atoms with Crippen LogP contribution < -0.4 is 187 Å². The maximum atomic E-state index is 11.2. The molecule has 39 heteroatoms. The Bertz CT molecular complexity index is 4640. The number of alkyl halides is 2. The van der Waals surface area contributed by atoms with Gasteiger partial charge in [-0.1, -0.05) is 31.9 Å². The number of aromatic hydroxyl groups is 1. The van der Waals surface area contributed by atoms with Gasteiger partial charge in [-0.3, -0.25) is 14.4 Å². The fourth-order valence-electron chi connectivity index (χ4n) is 8.31. The number of thiol groups is 1. The Kier molecular flexibility index (Phi) is 60.8. The molecule has 0 aliphatic rings. The number of phenolic OH excluding ortho intramolecular Hbond substituents is 1. The molecule has 7 aromatic carbocycles. The average molecular weight is 2300 g/mol. The van der Waals surface area contributed by atoms with Crippen molar-refractivity contribution in [3.05, 3.63) is 218 Å². The molecule has 28 nitrogen and oxygen atoms in total. The number of phenols is 1. The molecule has 0 unspecified atom stereocenters. The molecule has 0 saturated heterocycles. The van der Waals surface area contributed by atoms with Crippen LogP contribution in [0.5, 0.6) is 51.7 Å². The molecule has 0 spiro atoms. The summed E-state index contributed by atoms with van der Waals surface area (Å²) in [6.07, 6.45) is 1.65. The maximum Gasteiger partial charge on any atom is 1.00 e. The second-order valence-electron chi connectivity index (χ2n) is 21.2. The second-order valence-corrected chi connectivity index (χ2v) is 24.7. The number of carbonyl (C=O) groups excluding carboxylic acids is 5. The van der Waals surface area contributed by atoms with Gasteiger partial charge in [0.1, 0.15) is 80.8 Å². The number of carbonyl (C=O) groups is 5. The number of halogens is 7. The number of hydrogen-bond donors (Lipinski definition) is 3. The van der Waals surface area contributed by atoms with Crippen LogP contribution in [-0.2, 0) is 45.5 Å². The summed E-state index contributed by atoms with van der Waals surface area (Å²) in [7, 11) is 15.1. The molecule has 0 aliphatic heterocycles. The third-order valence-electron chi connectivity index (χ3n) is 13.5. The monoisotopic (exact) mass is 2290 g/mol. The number of ether oxygens (including phenoxy) is 10. The number of nitrogens with two attached hydrogens (primary N) is 1. The van der Waals surface area contributed by atoms with E-state index in [1.165, 1.54) is 27.2 Å². The number of hydrogen-bond acceptors (Lipinski definition) is 28. The van der Waals surface area contributed by atoms with Crippen LogP contribution in [0.15, 0.2) is 200 Å². The third kappa shape index (κ3) is 43.0. The Labute approximate surface area is 848 Å². The standard InChI is InChI=1S/C21H20BrNO6.C11H9Br2NO2.C11H10BrNO2.C11H11NO2.C10H12O4.C9H9BrO2.C2H5NO.CH2O3.BHNS.Br2.2Cs.H/c1-13-10-16(8-9-17(13)28-12-19(24)26-3)27-11-18-23-20(21(22)29-18)14-4-6-15(25-2)7-5-14;1-15-8-4-2-7(3-5-8)10-11(13)16-9(6-12)14-10;1-7-13-10(11(12)15-7)8-3-5-9(14-2)6-4-8;1-8-12-11(7-14-8)9-3-5-10(13-2)6-4-9;1-7-5-8(11)3-4-9(7)14-6-10(12)13-2;1-12-8-4-2-7(3-5-8)9(11)6-10;1-2(3)4;2-1-4-3;1-2-3;1-2;;;/h4-10H,11-12H2,1-3H3;2-5H,6H2,1H3;3-6H,1-2H3;3-7H,1-2H3;3-5,11H,6H2,1-2H3;2-5H,6H2,1H3;1H3,(H2,3,4);1,3H;3H;;;;/q;;;;;;;;;;2*+1;-1/p-1. The molecular weight excluding hydrogens is 2220 g/mol. The molecule has 4 heterocycles. The number of benzene rings is 7. The molecule has 0 bridgehead atoms. The Morgan fingerprint density at radius 2 is 0.887 bits per heavy atom. The van der Waals surface area contributed by atoms with E-state index in [-0.39, 0.29) is 183 Å². The van der Waals surface area contributed by atoms with Crippen molar-refractivity contribution in [2.75, 3.05) is 68.3 Å². The second kappa shape index (κ2) is 63.7. The molecule has 605 valence electrons. The normalized spacial score (nSPS) is 9.39. The van der Waals surface area contributed by atoms with Crippen LogP contribution in [-0.4, -0.2) is 131 Å². The fourth-order valence-corrected chi connectivity index (χ4v) is 10.4. The van der Waals surface area contributed by atoms with Gasteiger partial charge in [0.2, 0.25) is 17.7 Å². The van der Waals surface area contributed by atoms with Crippen molar-refractivity contribution in [2.45, 2.75) is 46.6 Å². The number of esters is 2. The van der Waals surface area contributed by atoms with E-state index >= 15 is 0 Å². The van der Waals surface area contributed by atoms with E-state index in [0.717, 1.165) is 79.2 Å². The zero-order chi connectivity index (χ0) is 84.4. The molecular formula is C76H79BBr7Cs2N6O22S. The molecule has 1 amide bonds. The van der Waals surface area contributed by atoms with Crippen LogP contribution >= 0.6 is 121 Å². The predicted octanol–water partition coefficient (Wildman–Crippen LogP) is 12.1. The minimum absolute atomic E-state index is 0. The first-order valence-corrected chi connectivity index (χ1v) is 40.8. The van der Waals surface area contributed by atoms with Crippen molar-refractivity contribution in [3.8, 4) is 96.8 Å². The molecule has 0 aliphatic carbocycles. The molecule has 0 atom stereocenters. The molecule has 11 aromatic rings. The summed E-state index contributed by atoms with van der Waals surface area (Å²) < 4.78 is 76.7. The maximum absolute atomic E-state index is 11.2. The summed E-state index contributed by atoms with van der Waals surface area (Å²) in [4.78, 5) is 70.9. The third-order valence-corrected chi connectivity index (χ3v) is 16.1. The van der Waals surface area contributed by atoms with Gasteiger partial charge in [0, 0.05) is 76.8 Å². The number of oxazole rings is 4. The van der Waals surface area contributed by atoms with Crippen molar-refractivity contribution in [1.29, 1.82) is 0 Å². The van der Waals surface area contributed by atoms with Gasteiger partial charge < -0.3 is 87.4 Å². The SMILES string of the molecule is BrBr.CC(N)=O.COC(=O)COc1ccc(O)cc1C.COC(=O)COc1ccc(OCc2nc(-c3ccc(OC)cc3)c(Br)o2)cc1C.COc1ccc(-c2coc(C)n2)cc1.COc1ccc(-c2nc(C)oc2Br)cc1.COc1ccc(-c2nc(CBr)oc2Br)cc1.COc1ccc(C(=O)CBr)cc1.O=CO[O-].[B]=NS.[Cs+].[Cs+].[H-]. The number of rotatable bonds is 22. The first-order chi connectivity index (χ1) is 54.2. The van der Waals surface area contributed by atoms with Gasteiger partial charge in [-0.15, -0.1) is 0 Å². The summed E-state index contributed by atoms with van der Waals surface area (Å²) in [5.41, 5.74) is 13.9. The number of methoxy groups -OCH3 is 7. The Morgan fingerprint density at radius 1 is 0.539 bits per heavy atom. The Balaban J connectivity index is 0. The summed E-state index contributed by atoms with van der Waals surface area (Å²) in [6.45, 7) is 8.31. The van der Waals surface area contributed by atoms with E-state index in [0.29, 0.717) is 76.7 Å². The summed E-state index contributed by atoms with van der Waals surface area (Å²) in [6, 6.07) is 47.6. The number of primary amides is 1. The first-order valence-electron chi connectivity index (χ1n) is 32.0. The van der Waals surface area contributed by atoms with Crippen LogP contribution in [0.25, 0.3) is 45.0 Å². The van der Waals surface area contributed by atoms with Gasteiger partial charge in [-0.25, -0.2) is 29.5 Å². The van der Waals surface area contributed by atoms with Gasteiger partial charge in [0.25, 0.3) is 6.47 Å². The van der Waals surface area contributed by atoms with Crippen molar-refractivity contribution < 1.29 is 243 Å². The van der Waals surface area contributed by atoms with E-state index in [4.69, 9.17) is 70.7 Å². The molecule has 115 heavy (non-hydrogen) atoms. The largest absolute Gasteiger partial charge is 1.00 e. The van der Waals surface area contributed by atoms with Crippen molar-refractivity contribution in [2.24, 2.45) is 10.0 Å². The first kappa shape index (κ1) is 110. The summed E-state index contributed by atoms with van der Waals surface area (Å²) in [5.74, 6) is 7.27. The van der Waals surface area contributed by atoms with Gasteiger partial charge in [-0.05, 0) is 230 Å². The molecule has 0 fully saturated rings. The van der Waals surface area contributed by atoms with Gasteiger partial charge in [0.15, 0.2) is 51.4 Å². The van der Waals surface area contributed by atoms with E-state index < -0.39 is 11.9 Å². The predicted molar refractivity (Wildman–Crippen MR) is 452 cm³/mol. The van der Waals surface area contributed by atoms with Gasteiger partial charge in [-0.2, -0.15) is 0 Å². The average Bonchev–Trinajstić information content (AvgIpc) is 1.17. The fraction of sp³-hybridized carbons (Fsp3) is 0.224. The van der Waals surface area contributed by atoms with E-state index in [1.54, 1.807) is 97.3 Å². The summed E-state index contributed by atoms with van der Waals surface area (Å²) in [5, 5.41) is 18.5. The number of Topliss-reactive ketones (excluding diaryl/α,β-unsaturated/α-hetero) is 1. The van der Waals surface area contributed by atoms with E-state index in [9.17, 15) is 19.2 Å². The van der Waals surface area contributed by atoms with Crippen molar-refractivity contribution >= 4 is 158 Å². The number of nitrogens with zero attached hydrogens (tertiary/aromatic N) is 5. The number of amides is 1. The molecule has 0 saturated carbocycles. The summed E-state index contributed by atoms with van der Waals surface area (Å²) >= 11 is 25.2. The van der Waals surface area contributed by atoms with E-state index in [2.05, 4.69) is 173 Å². The minimum atomic E-state index is -0.438. The zero-order valence-corrected chi connectivity index (χ0v) is 89.3. The number of ketones is 1. The van der Waals surface area contributed by atoms with Crippen LogP contribution in [0.1, 0.15) is 53.4 Å². The molecule has 3 N–H and O–H groups in total. The number of aryl methyl sites for hydroxylation is 4. The number of aromatic nitrogens is 4. The molecule has 11 rings (SSSR count). The Morgan fingerprint density at radius 3 is 1.21 bits per heavy atom.